The minimum atomic E-state index is -4.50. The lowest BCUT2D eigenvalue weighted by Crippen LogP contribution is -2.34. The SMILES string of the molecule is Cc1ccc(NC(=O)c2nnc([C@@H]3CCCN3C(=O)Nc3cccc(C(F)(F)F)c3)s2)cc1. The third-order valence-corrected chi connectivity index (χ3v) is 6.21. The van der Waals surface area contributed by atoms with E-state index in [9.17, 15) is 22.8 Å². The van der Waals surface area contributed by atoms with Crippen LogP contribution >= 0.6 is 11.3 Å². The van der Waals surface area contributed by atoms with E-state index in [0.717, 1.165) is 29.0 Å². The van der Waals surface area contributed by atoms with Crippen LogP contribution in [0.5, 0.6) is 0 Å². The molecular weight excluding hydrogens is 455 g/mol. The van der Waals surface area contributed by atoms with Crippen molar-refractivity contribution in [3.63, 3.8) is 0 Å². The first-order valence-electron chi connectivity index (χ1n) is 10.2. The molecule has 0 spiro atoms. The number of rotatable bonds is 4. The van der Waals surface area contributed by atoms with Crippen molar-refractivity contribution in [2.75, 3.05) is 17.2 Å². The summed E-state index contributed by atoms with van der Waals surface area (Å²) in [5.41, 5.74) is 0.906. The van der Waals surface area contributed by atoms with Gasteiger partial charge in [-0.2, -0.15) is 13.2 Å². The third kappa shape index (κ3) is 5.30. The van der Waals surface area contributed by atoms with Gasteiger partial charge in [-0.25, -0.2) is 4.79 Å². The second-order valence-electron chi connectivity index (χ2n) is 7.63. The number of aryl methyl sites for hydroxylation is 1. The van der Waals surface area contributed by atoms with Crippen LogP contribution in [0.3, 0.4) is 0 Å². The Balaban J connectivity index is 1.44. The summed E-state index contributed by atoms with van der Waals surface area (Å²) in [6.07, 6.45) is -3.19. The number of hydrogen-bond acceptors (Lipinski definition) is 5. The van der Waals surface area contributed by atoms with Crippen molar-refractivity contribution < 1.29 is 22.8 Å². The van der Waals surface area contributed by atoms with Crippen LogP contribution in [-0.2, 0) is 6.18 Å². The number of alkyl halides is 3. The van der Waals surface area contributed by atoms with E-state index in [4.69, 9.17) is 0 Å². The molecule has 7 nitrogen and oxygen atoms in total. The number of nitrogens with one attached hydrogen (secondary N) is 2. The Morgan fingerprint density at radius 3 is 2.55 bits per heavy atom. The van der Waals surface area contributed by atoms with Gasteiger partial charge >= 0.3 is 12.2 Å². The molecule has 3 amide bonds. The maximum atomic E-state index is 12.9. The summed E-state index contributed by atoms with van der Waals surface area (Å²) >= 11 is 1.09. The van der Waals surface area contributed by atoms with Crippen LogP contribution < -0.4 is 10.6 Å². The summed E-state index contributed by atoms with van der Waals surface area (Å²) in [5.74, 6) is -0.402. The van der Waals surface area contributed by atoms with Gasteiger partial charge in [0.1, 0.15) is 5.01 Å². The highest BCUT2D eigenvalue weighted by Crippen LogP contribution is 2.35. The predicted octanol–water partition coefficient (Wildman–Crippen LogP) is 5.49. The van der Waals surface area contributed by atoms with Crippen LogP contribution in [0, 0.1) is 6.92 Å². The van der Waals surface area contributed by atoms with Crippen LogP contribution in [0.1, 0.15) is 44.8 Å². The van der Waals surface area contributed by atoms with Crippen molar-refractivity contribution in [1.29, 1.82) is 0 Å². The fourth-order valence-corrected chi connectivity index (χ4v) is 4.40. The van der Waals surface area contributed by atoms with Crippen LogP contribution in [0.4, 0.5) is 29.3 Å². The van der Waals surface area contributed by atoms with Gasteiger partial charge in [0, 0.05) is 17.9 Å². The van der Waals surface area contributed by atoms with Crippen LogP contribution in [0.25, 0.3) is 0 Å². The van der Waals surface area contributed by atoms with E-state index in [0.29, 0.717) is 30.1 Å². The van der Waals surface area contributed by atoms with Gasteiger partial charge in [0.15, 0.2) is 0 Å². The first kappa shape index (κ1) is 22.7. The second kappa shape index (κ2) is 9.18. The molecule has 2 heterocycles. The molecule has 1 fully saturated rings. The molecule has 11 heteroatoms. The van der Waals surface area contributed by atoms with Crippen molar-refractivity contribution in [3.8, 4) is 0 Å². The zero-order chi connectivity index (χ0) is 23.6. The average molecular weight is 475 g/mol. The lowest BCUT2D eigenvalue weighted by Gasteiger charge is -2.23. The fourth-order valence-electron chi connectivity index (χ4n) is 3.52. The number of anilines is 2. The molecule has 0 unspecified atom stereocenters. The van der Waals surface area contributed by atoms with E-state index in [1.807, 2.05) is 19.1 Å². The summed E-state index contributed by atoms with van der Waals surface area (Å²) in [6, 6.07) is 10.9. The van der Waals surface area contributed by atoms with Gasteiger partial charge in [0.05, 0.1) is 11.6 Å². The normalized spacial score (nSPS) is 16.0. The van der Waals surface area contributed by atoms with E-state index in [1.54, 1.807) is 12.1 Å². The molecule has 1 aromatic heterocycles. The van der Waals surface area contributed by atoms with Crippen molar-refractivity contribution in [2.24, 2.45) is 0 Å². The monoisotopic (exact) mass is 475 g/mol. The largest absolute Gasteiger partial charge is 0.416 e. The van der Waals surface area contributed by atoms with E-state index < -0.39 is 29.7 Å². The number of urea groups is 1. The summed E-state index contributed by atoms with van der Waals surface area (Å²) < 4.78 is 38.8. The molecule has 2 aromatic carbocycles. The fraction of sp³-hybridized carbons (Fsp3) is 0.273. The van der Waals surface area contributed by atoms with Crippen LogP contribution in [0.2, 0.25) is 0 Å². The Morgan fingerprint density at radius 2 is 1.82 bits per heavy atom. The first-order valence-corrected chi connectivity index (χ1v) is 11.0. The minimum Gasteiger partial charge on any atom is -0.320 e. The zero-order valence-corrected chi connectivity index (χ0v) is 18.3. The molecule has 3 aromatic rings. The Bertz CT molecular complexity index is 1160. The molecule has 1 aliphatic rings. The highest BCUT2D eigenvalue weighted by molar-refractivity contribution is 7.13. The molecule has 33 heavy (non-hydrogen) atoms. The number of carbonyl (C=O) groups excluding carboxylic acids is 2. The quantitative estimate of drug-likeness (QED) is 0.523. The Hall–Kier alpha value is -3.47. The van der Waals surface area contributed by atoms with Gasteiger partial charge in [0.2, 0.25) is 5.01 Å². The average Bonchev–Trinajstić information content (AvgIpc) is 3.44. The highest BCUT2D eigenvalue weighted by Gasteiger charge is 2.34. The van der Waals surface area contributed by atoms with Crippen molar-refractivity contribution in [3.05, 3.63) is 69.7 Å². The molecule has 1 atom stereocenters. The summed E-state index contributed by atoms with van der Waals surface area (Å²) in [5, 5.41) is 14.0. The van der Waals surface area contributed by atoms with Crippen molar-refractivity contribution >= 4 is 34.6 Å². The molecule has 4 rings (SSSR count). The summed E-state index contributed by atoms with van der Waals surface area (Å²) in [6.45, 7) is 2.36. The molecule has 1 aliphatic heterocycles. The number of hydrogen-bond donors (Lipinski definition) is 2. The smallest absolute Gasteiger partial charge is 0.320 e. The van der Waals surface area contributed by atoms with Crippen molar-refractivity contribution in [2.45, 2.75) is 32.0 Å². The maximum absolute atomic E-state index is 12.9. The van der Waals surface area contributed by atoms with E-state index in [1.165, 1.54) is 17.0 Å². The van der Waals surface area contributed by atoms with Crippen LogP contribution in [0.15, 0.2) is 48.5 Å². The topological polar surface area (TPSA) is 87.2 Å². The number of carbonyl (C=O) groups is 2. The number of likely N-dealkylation sites (tertiary alicyclic amines) is 1. The Kier molecular flexibility index (Phi) is 6.32. The van der Waals surface area contributed by atoms with Gasteiger partial charge in [0.25, 0.3) is 5.91 Å². The highest BCUT2D eigenvalue weighted by atomic mass is 32.1. The minimum absolute atomic E-state index is 0.0518. The van der Waals surface area contributed by atoms with E-state index in [-0.39, 0.29) is 10.7 Å². The number of aromatic nitrogens is 2. The third-order valence-electron chi connectivity index (χ3n) is 5.18. The second-order valence-corrected chi connectivity index (χ2v) is 8.63. The zero-order valence-electron chi connectivity index (χ0n) is 17.5. The van der Waals surface area contributed by atoms with Crippen LogP contribution in [-0.4, -0.2) is 33.6 Å². The van der Waals surface area contributed by atoms with E-state index in [2.05, 4.69) is 20.8 Å². The summed E-state index contributed by atoms with van der Waals surface area (Å²) in [4.78, 5) is 26.8. The molecular formula is C22H20F3N5O2S. The number of halogens is 3. The van der Waals surface area contributed by atoms with E-state index >= 15 is 0 Å². The number of benzene rings is 2. The van der Waals surface area contributed by atoms with Gasteiger partial charge in [-0.3, -0.25) is 4.79 Å². The van der Waals surface area contributed by atoms with Crippen molar-refractivity contribution in [1.82, 2.24) is 15.1 Å². The van der Waals surface area contributed by atoms with Gasteiger partial charge in [-0.1, -0.05) is 35.1 Å². The molecule has 172 valence electrons. The van der Waals surface area contributed by atoms with Gasteiger partial charge < -0.3 is 15.5 Å². The Morgan fingerprint density at radius 1 is 1.06 bits per heavy atom. The van der Waals surface area contributed by atoms with Gasteiger partial charge in [-0.05, 0) is 50.1 Å². The maximum Gasteiger partial charge on any atom is 0.416 e. The summed E-state index contributed by atoms with van der Waals surface area (Å²) in [7, 11) is 0. The Labute approximate surface area is 191 Å². The molecule has 1 saturated heterocycles. The molecule has 2 N–H and O–H groups in total. The first-order chi connectivity index (χ1) is 15.7. The number of nitrogens with zero attached hydrogens (tertiary/aromatic N) is 3. The molecule has 0 radical (unpaired) electrons. The lowest BCUT2D eigenvalue weighted by molar-refractivity contribution is -0.137. The molecule has 0 saturated carbocycles. The standard InChI is InChI=1S/C22H20F3N5O2S/c1-13-7-9-15(10-8-13)26-18(31)20-29-28-19(33-20)17-6-3-11-30(17)21(32)27-16-5-2-4-14(12-16)22(23,24)25/h2,4-5,7-10,12,17H,3,6,11H2,1H3,(H,26,31)(H,27,32)/t17-/m0/s1. The van der Waals surface area contributed by atoms with Gasteiger partial charge in [-0.15, -0.1) is 10.2 Å². The predicted molar refractivity (Wildman–Crippen MR) is 118 cm³/mol. The molecule has 0 aliphatic carbocycles. The molecule has 0 bridgehead atoms. The lowest BCUT2D eigenvalue weighted by atomic mass is 10.2. The number of amides is 3.